The van der Waals surface area contributed by atoms with E-state index in [4.69, 9.17) is 16.3 Å². The highest BCUT2D eigenvalue weighted by atomic mass is 35.5. The molecule has 0 radical (unpaired) electrons. The molecule has 0 amide bonds. The fourth-order valence-electron chi connectivity index (χ4n) is 3.96. The van der Waals surface area contributed by atoms with Crippen molar-refractivity contribution in [2.75, 3.05) is 31.6 Å². The summed E-state index contributed by atoms with van der Waals surface area (Å²) in [6.07, 6.45) is 7.26. The van der Waals surface area contributed by atoms with Crippen LogP contribution in [-0.4, -0.2) is 56.2 Å². The fraction of sp³-hybridized carbons (Fsp3) is 0.292. The average molecular weight is 479 g/mol. The molecular formula is C24H27ClN8O. The largest absolute Gasteiger partial charge is 0.382 e. The van der Waals surface area contributed by atoms with Crippen LogP contribution in [0.2, 0.25) is 5.02 Å². The van der Waals surface area contributed by atoms with Gasteiger partial charge < -0.3 is 20.4 Å². The van der Waals surface area contributed by atoms with E-state index in [1.165, 1.54) is 11.1 Å². The molecule has 0 saturated heterocycles. The molecule has 0 unspecified atom stereocenters. The van der Waals surface area contributed by atoms with Gasteiger partial charge in [-0.1, -0.05) is 17.7 Å². The van der Waals surface area contributed by atoms with Crippen LogP contribution in [0.5, 0.6) is 0 Å². The molecule has 2 aromatic carbocycles. The minimum Gasteiger partial charge on any atom is -0.382 e. The molecule has 0 bridgehead atoms. The number of halogens is 1. The maximum absolute atomic E-state index is 6.05. The highest BCUT2D eigenvalue weighted by molar-refractivity contribution is 6.31. The lowest BCUT2D eigenvalue weighted by Gasteiger charge is -2.11. The molecule has 34 heavy (non-hydrogen) atoms. The van der Waals surface area contributed by atoms with Crippen LogP contribution < -0.4 is 10.6 Å². The van der Waals surface area contributed by atoms with Gasteiger partial charge in [0.05, 0.1) is 24.0 Å². The van der Waals surface area contributed by atoms with Gasteiger partial charge in [-0.15, -0.1) is 10.2 Å². The molecule has 0 saturated carbocycles. The van der Waals surface area contributed by atoms with Gasteiger partial charge in [-0.2, -0.15) is 5.10 Å². The first-order valence-corrected chi connectivity index (χ1v) is 11.8. The third-order valence-electron chi connectivity index (χ3n) is 5.67. The quantitative estimate of drug-likeness (QED) is 0.199. The SMILES string of the molecule is Clc1ccc2cc(CNCCCCOCCNc3cc(-n4cnnc4)cc4[nH]ncc34)[nH]c2c1. The predicted molar refractivity (Wildman–Crippen MR) is 135 cm³/mol. The van der Waals surface area contributed by atoms with E-state index >= 15 is 0 Å². The fourth-order valence-corrected chi connectivity index (χ4v) is 4.13. The Bertz CT molecular complexity index is 1340. The Hall–Kier alpha value is -3.40. The van der Waals surface area contributed by atoms with E-state index in [2.05, 4.69) is 48.1 Å². The highest BCUT2D eigenvalue weighted by Crippen LogP contribution is 2.25. The number of anilines is 1. The second kappa shape index (κ2) is 10.7. The Morgan fingerprint density at radius 1 is 0.971 bits per heavy atom. The number of aromatic amines is 2. The molecule has 3 heterocycles. The van der Waals surface area contributed by atoms with Crippen molar-refractivity contribution in [2.45, 2.75) is 19.4 Å². The molecule has 0 fully saturated rings. The van der Waals surface area contributed by atoms with Gasteiger partial charge in [-0.05, 0) is 55.1 Å². The number of aromatic nitrogens is 6. The van der Waals surface area contributed by atoms with Crippen LogP contribution in [0.4, 0.5) is 5.69 Å². The van der Waals surface area contributed by atoms with Crippen molar-refractivity contribution < 1.29 is 4.74 Å². The van der Waals surface area contributed by atoms with E-state index in [0.717, 1.165) is 65.4 Å². The third kappa shape index (κ3) is 5.39. The summed E-state index contributed by atoms with van der Waals surface area (Å²) in [6, 6.07) is 12.2. The van der Waals surface area contributed by atoms with Gasteiger partial charge in [0, 0.05) is 47.0 Å². The highest BCUT2D eigenvalue weighted by Gasteiger charge is 2.07. The van der Waals surface area contributed by atoms with Gasteiger partial charge in [0.25, 0.3) is 0 Å². The van der Waals surface area contributed by atoms with E-state index in [1.54, 1.807) is 12.7 Å². The average Bonchev–Trinajstić information content (AvgIpc) is 3.60. The van der Waals surface area contributed by atoms with Crippen LogP contribution in [-0.2, 0) is 11.3 Å². The summed E-state index contributed by atoms with van der Waals surface area (Å²) in [5.41, 5.74) is 5.17. The van der Waals surface area contributed by atoms with Crippen LogP contribution >= 0.6 is 11.6 Å². The number of ether oxygens (including phenoxy) is 1. The second-order valence-corrected chi connectivity index (χ2v) is 8.58. The number of benzene rings is 2. The van der Waals surface area contributed by atoms with Crippen molar-refractivity contribution in [3.8, 4) is 5.69 Å². The Labute approximate surface area is 201 Å². The Morgan fingerprint density at radius 3 is 2.79 bits per heavy atom. The molecule has 0 aliphatic rings. The summed E-state index contributed by atoms with van der Waals surface area (Å²) < 4.78 is 7.67. The molecule has 0 aliphatic heterocycles. The maximum atomic E-state index is 6.05. The van der Waals surface area contributed by atoms with E-state index in [0.29, 0.717) is 13.2 Å². The zero-order valence-electron chi connectivity index (χ0n) is 18.7. The molecule has 3 aromatic heterocycles. The lowest BCUT2D eigenvalue weighted by atomic mass is 10.2. The van der Waals surface area contributed by atoms with Gasteiger partial charge in [0.1, 0.15) is 12.7 Å². The molecule has 9 nitrogen and oxygen atoms in total. The van der Waals surface area contributed by atoms with Crippen molar-refractivity contribution in [2.24, 2.45) is 0 Å². The van der Waals surface area contributed by atoms with Crippen LogP contribution in [0.15, 0.2) is 55.2 Å². The van der Waals surface area contributed by atoms with Gasteiger partial charge in [-0.3, -0.25) is 9.67 Å². The number of fused-ring (bicyclic) bond motifs is 2. The maximum Gasteiger partial charge on any atom is 0.123 e. The topological polar surface area (TPSA) is 108 Å². The number of unbranched alkanes of at least 4 members (excludes halogenated alkanes) is 1. The number of H-pyrrole nitrogens is 2. The van der Waals surface area contributed by atoms with E-state index < -0.39 is 0 Å². The van der Waals surface area contributed by atoms with Gasteiger partial charge in [0.15, 0.2) is 0 Å². The zero-order chi connectivity index (χ0) is 23.2. The monoisotopic (exact) mass is 478 g/mol. The number of nitrogens with zero attached hydrogens (tertiary/aromatic N) is 4. The molecule has 10 heteroatoms. The van der Waals surface area contributed by atoms with Crippen molar-refractivity contribution in [3.63, 3.8) is 0 Å². The summed E-state index contributed by atoms with van der Waals surface area (Å²) in [5.74, 6) is 0. The number of rotatable bonds is 12. The van der Waals surface area contributed by atoms with Crippen LogP contribution in [0.3, 0.4) is 0 Å². The zero-order valence-corrected chi connectivity index (χ0v) is 19.5. The minimum absolute atomic E-state index is 0.640. The summed E-state index contributed by atoms with van der Waals surface area (Å²) in [4.78, 5) is 3.40. The van der Waals surface area contributed by atoms with Gasteiger partial charge in [0.2, 0.25) is 0 Å². The third-order valence-corrected chi connectivity index (χ3v) is 5.91. The molecular weight excluding hydrogens is 452 g/mol. The van der Waals surface area contributed by atoms with Crippen molar-refractivity contribution in [1.82, 2.24) is 35.3 Å². The molecule has 4 N–H and O–H groups in total. The van der Waals surface area contributed by atoms with Crippen LogP contribution in [0.1, 0.15) is 18.5 Å². The lowest BCUT2D eigenvalue weighted by Crippen LogP contribution is -2.16. The minimum atomic E-state index is 0.640. The Kier molecular flexibility index (Phi) is 7.04. The first-order valence-electron chi connectivity index (χ1n) is 11.4. The lowest BCUT2D eigenvalue weighted by molar-refractivity contribution is 0.140. The normalized spacial score (nSPS) is 11.6. The van der Waals surface area contributed by atoms with Crippen molar-refractivity contribution in [3.05, 3.63) is 66.0 Å². The number of hydrogen-bond donors (Lipinski definition) is 4. The molecule has 0 aliphatic carbocycles. The second-order valence-electron chi connectivity index (χ2n) is 8.14. The molecule has 0 spiro atoms. The van der Waals surface area contributed by atoms with Crippen LogP contribution in [0.25, 0.3) is 27.5 Å². The van der Waals surface area contributed by atoms with Gasteiger partial charge >= 0.3 is 0 Å². The van der Waals surface area contributed by atoms with E-state index in [9.17, 15) is 0 Å². The first-order chi connectivity index (χ1) is 16.8. The molecule has 0 atom stereocenters. The van der Waals surface area contributed by atoms with E-state index in [-0.39, 0.29) is 0 Å². The van der Waals surface area contributed by atoms with Gasteiger partial charge in [-0.25, -0.2) is 0 Å². The number of nitrogens with one attached hydrogen (secondary N) is 4. The first kappa shape index (κ1) is 22.4. The summed E-state index contributed by atoms with van der Waals surface area (Å²) in [7, 11) is 0. The standard InChI is InChI=1S/C24H27ClN8O/c25-18-4-3-17-9-19(31-22(17)10-18)13-26-5-1-2-7-34-8-6-27-23-11-20(33-15-29-30-16-33)12-24-21(23)14-28-32-24/h3-4,9-12,14-16,26-27,31H,1-2,5-8,13H2,(H,28,32). The molecule has 5 aromatic rings. The van der Waals surface area contributed by atoms with Crippen molar-refractivity contribution in [1.29, 1.82) is 0 Å². The van der Waals surface area contributed by atoms with Crippen molar-refractivity contribution >= 4 is 39.1 Å². The van der Waals surface area contributed by atoms with E-state index in [1.807, 2.05) is 35.0 Å². The summed E-state index contributed by atoms with van der Waals surface area (Å²) in [5, 5.41) is 24.9. The molecule has 5 rings (SSSR count). The predicted octanol–water partition coefficient (Wildman–Crippen LogP) is 4.28. The number of hydrogen-bond acceptors (Lipinski definition) is 6. The summed E-state index contributed by atoms with van der Waals surface area (Å²) in [6.45, 7) is 3.87. The smallest absolute Gasteiger partial charge is 0.123 e. The van der Waals surface area contributed by atoms with Crippen LogP contribution in [0, 0.1) is 0 Å². The Morgan fingerprint density at radius 2 is 1.88 bits per heavy atom. The molecule has 176 valence electrons. The Balaban J connectivity index is 0.985. The summed E-state index contributed by atoms with van der Waals surface area (Å²) >= 11 is 6.05.